The number of likely N-dealkylation sites (tertiary alicyclic amines) is 1. The molecule has 0 spiro atoms. The first-order valence-corrected chi connectivity index (χ1v) is 11.1. The highest BCUT2D eigenvalue weighted by Gasteiger charge is 2.49. The molecule has 33 heavy (non-hydrogen) atoms. The lowest BCUT2D eigenvalue weighted by molar-refractivity contribution is -0.139. The number of carbonyl (C=O) groups is 3. The SMILES string of the molecule is CC(C(=O)N1[C@H](c2cc(F)cc(Cl)c2)CC[C@@H]1C(C)(C)C#N)N1C(=O)c2ccccc2C1=O. The van der Waals surface area contributed by atoms with Crippen molar-refractivity contribution in [2.24, 2.45) is 5.41 Å². The van der Waals surface area contributed by atoms with Crippen LogP contribution in [0.3, 0.4) is 0 Å². The molecule has 0 aliphatic carbocycles. The van der Waals surface area contributed by atoms with Gasteiger partial charge in [0.25, 0.3) is 11.8 Å². The Kier molecular flexibility index (Phi) is 5.75. The number of benzene rings is 2. The van der Waals surface area contributed by atoms with Crippen LogP contribution in [0.15, 0.2) is 42.5 Å². The smallest absolute Gasteiger partial charge is 0.262 e. The van der Waals surface area contributed by atoms with E-state index in [9.17, 15) is 24.0 Å². The van der Waals surface area contributed by atoms with Crippen LogP contribution in [-0.2, 0) is 4.79 Å². The molecular formula is C25H23ClFN3O3. The molecule has 4 rings (SSSR count). The third-order valence-corrected chi connectivity index (χ3v) is 6.82. The summed E-state index contributed by atoms with van der Waals surface area (Å²) in [6, 6.07) is 10.7. The van der Waals surface area contributed by atoms with Crippen molar-refractivity contribution < 1.29 is 18.8 Å². The molecule has 170 valence electrons. The molecular weight excluding hydrogens is 445 g/mol. The minimum atomic E-state index is -1.10. The summed E-state index contributed by atoms with van der Waals surface area (Å²) in [5, 5.41) is 9.97. The van der Waals surface area contributed by atoms with Gasteiger partial charge in [0.1, 0.15) is 11.9 Å². The molecule has 0 saturated carbocycles. The number of nitrogens with zero attached hydrogens (tertiary/aromatic N) is 3. The molecule has 3 amide bonds. The summed E-state index contributed by atoms with van der Waals surface area (Å²) < 4.78 is 14.1. The van der Waals surface area contributed by atoms with Crippen molar-refractivity contribution in [3.05, 3.63) is 70.0 Å². The van der Waals surface area contributed by atoms with Crippen molar-refractivity contribution in [1.82, 2.24) is 9.80 Å². The summed E-state index contributed by atoms with van der Waals surface area (Å²) in [4.78, 5) is 42.3. The van der Waals surface area contributed by atoms with E-state index in [4.69, 9.17) is 11.6 Å². The van der Waals surface area contributed by atoms with Crippen LogP contribution >= 0.6 is 11.6 Å². The van der Waals surface area contributed by atoms with Crippen LogP contribution in [0.25, 0.3) is 0 Å². The fourth-order valence-corrected chi connectivity index (χ4v) is 5.11. The summed E-state index contributed by atoms with van der Waals surface area (Å²) >= 11 is 6.07. The Hall–Kier alpha value is -3.24. The highest BCUT2D eigenvalue weighted by atomic mass is 35.5. The molecule has 6 nitrogen and oxygen atoms in total. The molecule has 0 N–H and O–H groups in total. The second kappa shape index (κ2) is 8.27. The predicted molar refractivity (Wildman–Crippen MR) is 120 cm³/mol. The van der Waals surface area contributed by atoms with Gasteiger partial charge >= 0.3 is 0 Å². The third-order valence-electron chi connectivity index (χ3n) is 6.60. The number of carbonyl (C=O) groups excluding carboxylic acids is 3. The highest BCUT2D eigenvalue weighted by molar-refractivity contribution is 6.30. The molecule has 2 aromatic rings. The molecule has 8 heteroatoms. The van der Waals surface area contributed by atoms with Crippen molar-refractivity contribution in [1.29, 1.82) is 5.26 Å². The van der Waals surface area contributed by atoms with Crippen LogP contribution in [0.1, 0.15) is 65.9 Å². The Morgan fingerprint density at radius 3 is 2.30 bits per heavy atom. The summed E-state index contributed by atoms with van der Waals surface area (Å²) in [6.07, 6.45) is 1.01. The summed E-state index contributed by atoms with van der Waals surface area (Å²) in [5.74, 6) is -2.06. The number of fused-ring (bicyclic) bond motifs is 1. The Labute approximate surface area is 196 Å². The maximum Gasteiger partial charge on any atom is 0.262 e. The first kappa shape index (κ1) is 22.9. The number of imide groups is 1. The van der Waals surface area contributed by atoms with Crippen LogP contribution in [0, 0.1) is 22.6 Å². The zero-order chi connectivity index (χ0) is 24.1. The quantitative estimate of drug-likeness (QED) is 0.608. The Morgan fingerprint density at radius 2 is 1.76 bits per heavy atom. The average molecular weight is 468 g/mol. The zero-order valence-electron chi connectivity index (χ0n) is 18.5. The minimum Gasteiger partial charge on any atom is -0.329 e. The first-order valence-electron chi connectivity index (χ1n) is 10.7. The van der Waals surface area contributed by atoms with Crippen LogP contribution in [0.4, 0.5) is 4.39 Å². The van der Waals surface area contributed by atoms with E-state index in [1.807, 2.05) is 0 Å². The van der Waals surface area contributed by atoms with Gasteiger partial charge in [-0.2, -0.15) is 5.26 Å². The van der Waals surface area contributed by atoms with E-state index in [1.54, 1.807) is 49.1 Å². The average Bonchev–Trinajstić information content (AvgIpc) is 3.33. The highest BCUT2D eigenvalue weighted by Crippen LogP contribution is 2.44. The second-order valence-electron chi connectivity index (χ2n) is 9.09. The molecule has 2 aliphatic heterocycles. The monoisotopic (exact) mass is 467 g/mol. The molecule has 1 unspecified atom stereocenters. The Bertz CT molecular complexity index is 1150. The van der Waals surface area contributed by atoms with Gasteiger partial charge in [0.15, 0.2) is 0 Å². The molecule has 2 aromatic carbocycles. The van der Waals surface area contributed by atoms with E-state index in [2.05, 4.69) is 6.07 Å². The Balaban J connectivity index is 1.73. The van der Waals surface area contributed by atoms with Crippen molar-refractivity contribution in [2.75, 3.05) is 0 Å². The number of amides is 3. The van der Waals surface area contributed by atoms with Crippen molar-refractivity contribution in [3.8, 4) is 6.07 Å². The summed E-state index contributed by atoms with van der Waals surface area (Å²) in [6.45, 7) is 4.99. The van der Waals surface area contributed by atoms with E-state index in [1.165, 1.54) is 19.1 Å². The van der Waals surface area contributed by atoms with Gasteiger partial charge in [-0.15, -0.1) is 0 Å². The van der Waals surface area contributed by atoms with Gasteiger partial charge in [-0.1, -0.05) is 23.7 Å². The number of rotatable bonds is 4. The van der Waals surface area contributed by atoms with Gasteiger partial charge in [0.05, 0.1) is 34.7 Å². The van der Waals surface area contributed by atoms with E-state index >= 15 is 0 Å². The maximum atomic E-state index is 14.1. The fourth-order valence-electron chi connectivity index (χ4n) is 4.88. The van der Waals surface area contributed by atoms with Gasteiger partial charge in [-0.3, -0.25) is 19.3 Å². The van der Waals surface area contributed by atoms with Crippen molar-refractivity contribution >= 4 is 29.3 Å². The second-order valence-corrected chi connectivity index (χ2v) is 9.53. The predicted octanol–water partition coefficient (Wildman–Crippen LogP) is 4.75. The lowest BCUT2D eigenvalue weighted by Crippen LogP contribution is -2.53. The van der Waals surface area contributed by atoms with Gasteiger partial charge < -0.3 is 4.90 Å². The molecule has 2 heterocycles. The Morgan fingerprint density at radius 1 is 1.15 bits per heavy atom. The van der Waals surface area contributed by atoms with Crippen LogP contribution < -0.4 is 0 Å². The minimum absolute atomic E-state index is 0.203. The largest absolute Gasteiger partial charge is 0.329 e. The van der Waals surface area contributed by atoms with Crippen LogP contribution in [-0.4, -0.2) is 39.6 Å². The molecule has 1 fully saturated rings. The van der Waals surface area contributed by atoms with Crippen LogP contribution in [0.5, 0.6) is 0 Å². The normalized spacial score (nSPS) is 21.2. The number of hydrogen-bond donors (Lipinski definition) is 0. The van der Waals surface area contributed by atoms with Crippen molar-refractivity contribution in [3.63, 3.8) is 0 Å². The molecule has 1 saturated heterocycles. The molecule has 0 radical (unpaired) electrons. The molecule has 0 bridgehead atoms. The van der Waals surface area contributed by atoms with E-state index in [0.717, 1.165) is 4.90 Å². The van der Waals surface area contributed by atoms with Gasteiger partial charge in [0, 0.05) is 5.02 Å². The molecule has 0 aromatic heterocycles. The van der Waals surface area contributed by atoms with Crippen LogP contribution in [0.2, 0.25) is 5.02 Å². The lowest BCUT2D eigenvalue weighted by atomic mass is 9.84. The van der Waals surface area contributed by atoms with Crippen molar-refractivity contribution in [2.45, 2.75) is 51.7 Å². The van der Waals surface area contributed by atoms with Gasteiger partial charge in [0.2, 0.25) is 5.91 Å². The summed E-state index contributed by atoms with van der Waals surface area (Å²) in [7, 11) is 0. The number of hydrogen-bond acceptors (Lipinski definition) is 4. The van der Waals surface area contributed by atoms with E-state index < -0.39 is 47.1 Å². The standard InChI is InChI=1S/C25H23ClFN3O3/c1-14(29-23(32)18-6-4-5-7-19(18)24(29)33)22(31)30-20(8-9-21(30)25(2,3)13-28)15-10-16(26)12-17(27)11-15/h4-7,10-12,14,20-21H,8-9H2,1-3H3/t14?,20-,21+/m0/s1. The number of halogens is 2. The topological polar surface area (TPSA) is 81.5 Å². The summed E-state index contributed by atoms with van der Waals surface area (Å²) in [5.41, 5.74) is 0.125. The molecule has 3 atom stereocenters. The fraction of sp³-hybridized carbons (Fsp3) is 0.360. The van der Waals surface area contributed by atoms with Gasteiger partial charge in [-0.25, -0.2) is 4.39 Å². The number of nitriles is 1. The molecule has 2 aliphatic rings. The third kappa shape index (κ3) is 3.79. The lowest BCUT2D eigenvalue weighted by Gasteiger charge is -2.39. The van der Waals surface area contributed by atoms with Gasteiger partial charge in [-0.05, 0) is 69.5 Å². The van der Waals surface area contributed by atoms with E-state index in [0.29, 0.717) is 18.4 Å². The first-order chi connectivity index (χ1) is 15.6. The maximum absolute atomic E-state index is 14.1. The van der Waals surface area contributed by atoms with E-state index in [-0.39, 0.29) is 16.1 Å². The zero-order valence-corrected chi connectivity index (χ0v) is 19.3.